The molecule has 5 heteroatoms. The number of ether oxygens (including phenoxy) is 1. The Labute approximate surface area is 137 Å². The van der Waals surface area contributed by atoms with Crippen LogP contribution in [0, 0.1) is 0 Å². The van der Waals surface area contributed by atoms with Crippen LogP contribution in [0.1, 0.15) is 15.9 Å². The van der Waals surface area contributed by atoms with Crippen LogP contribution in [-0.4, -0.2) is 18.7 Å². The van der Waals surface area contributed by atoms with Crippen molar-refractivity contribution in [3.63, 3.8) is 0 Å². The predicted molar refractivity (Wildman–Crippen MR) is 91.3 cm³/mol. The lowest BCUT2D eigenvalue weighted by Crippen LogP contribution is -2.17. The van der Waals surface area contributed by atoms with E-state index in [1.165, 1.54) is 0 Å². The number of amides is 1. The molecule has 0 aliphatic carbocycles. The molecule has 0 unspecified atom stereocenters. The fraction of sp³-hybridized carbons (Fsp3) is 0.0588. The van der Waals surface area contributed by atoms with E-state index < -0.39 is 0 Å². The van der Waals surface area contributed by atoms with Crippen molar-refractivity contribution in [3.8, 4) is 5.75 Å². The maximum absolute atomic E-state index is 11.9. The van der Waals surface area contributed by atoms with E-state index in [-0.39, 0.29) is 5.91 Å². The molecule has 2 aromatic rings. The van der Waals surface area contributed by atoms with E-state index in [0.717, 1.165) is 10.0 Å². The monoisotopic (exact) mass is 358 g/mol. The number of benzene rings is 2. The number of rotatable bonds is 6. The minimum atomic E-state index is -0.270. The maximum atomic E-state index is 11.9. The van der Waals surface area contributed by atoms with Gasteiger partial charge in [0, 0.05) is 15.6 Å². The van der Waals surface area contributed by atoms with Crippen LogP contribution in [0.25, 0.3) is 0 Å². The van der Waals surface area contributed by atoms with Crippen molar-refractivity contribution >= 4 is 28.1 Å². The molecule has 0 aromatic heterocycles. The van der Waals surface area contributed by atoms with Gasteiger partial charge in [0.1, 0.15) is 12.4 Å². The molecule has 0 aliphatic rings. The number of hydrazone groups is 1. The minimum absolute atomic E-state index is 0.270. The molecule has 22 heavy (non-hydrogen) atoms. The average molecular weight is 359 g/mol. The number of para-hydroxylation sites is 1. The van der Waals surface area contributed by atoms with Crippen molar-refractivity contribution in [1.82, 2.24) is 5.43 Å². The van der Waals surface area contributed by atoms with Crippen LogP contribution in [0.15, 0.2) is 70.8 Å². The van der Waals surface area contributed by atoms with Gasteiger partial charge in [0.15, 0.2) is 0 Å². The highest BCUT2D eigenvalue weighted by Gasteiger charge is 2.04. The topological polar surface area (TPSA) is 50.7 Å². The van der Waals surface area contributed by atoms with Crippen LogP contribution < -0.4 is 10.2 Å². The molecule has 4 nitrogen and oxygen atoms in total. The predicted octanol–water partition coefficient (Wildman–Crippen LogP) is 3.78. The second-order valence-electron chi connectivity index (χ2n) is 4.34. The van der Waals surface area contributed by atoms with Gasteiger partial charge in [-0.05, 0) is 36.4 Å². The fourth-order valence-electron chi connectivity index (χ4n) is 1.69. The molecule has 0 spiro atoms. The third kappa shape index (κ3) is 4.56. The Hall–Kier alpha value is -2.40. The highest BCUT2D eigenvalue weighted by Crippen LogP contribution is 2.15. The first kappa shape index (κ1) is 16.0. The standard InChI is InChI=1S/C17H15BrN2O2/c1-2-11-22-16-6-4-3-5-14(16)12-19-20-17(21)13-7-9-15(18)10-8-13/h2-10,12H,1,11H2,(H,20,21). The van der Waals surface area contributed by atoms with Gasteiger partial charge in [-0.1, -0.05) is 40.7 Å². The lowest BCUT2D eigenvalue weighted by molar-refractivity contribution is 0.0955. The van der Waals surface area contributed by atoms with E-state index in [1.54, 1.807) is 36.6 Å². The molecule has 112 valence electrons. The molecule has 0 atom stereocenters. The molecule has 0 saturated carbocycles. The average Bonchev–Trinajstić information content (AvgIpc) is 2.54. The highest BCUT2D eigenvalue weighted by molar-refractivity contribution is 9.10. The molecule has 1 N–H and O–H groups in total. The van der Waals surface area contributed by atoms with Gasteiger partial charge in [-0.25, -0.2) is 5.43 Å². The Morgan fingerprint density at radius 3 is 2.68 bits per heavy atom. The molecule has 2 rings (SSSR count). The summed E-state index contributed by atoms with van der Waals surface area (Å²) in [6, 6.07) is 14.5. The van der Waals surface area contributed by atoms with Crippen molar-refractivity contribution < 1.29 is 9.53 Å². The quantitative estimate of drug-likeness (QED) is 0.485. The molecule has 2 aromatic carbocycles. The van der Waals surface area contributed by atoms with Gasteiger partial charge in [-0.15, -0.1) is 0 Å². The number of carbonyl (C=O) groups excluding carboxylic acids is 1. The largest absolute Gasteiger partial charge is 0.489 e. The number of nitrogens with zero attached hydrogens (tertiary/aromatic N) is 1. The number of nitrogens with one attached hydrogen (secondary N) is 1. The summed E-state index contributed by atoms with van der Waals surface area (Å²) in [7, 11) is 0. The normalized spacial score (nSPS) is 10.4. The van der Waals surface area contributed by atoms with Crippen LogP contribution in [-0.2, 0) is 0 Å². The first-order valence-electron chi connectivity index (χ1n) is 6.62. The summed E-state index contributed by atoms with van der Waals surface area (Å²) in [6.45, 7) is 4.02. The number of carbonyl (C=O) groups is 1. The Morgan fingerprint density at radius 1 is 1.23 bits per heavy atom. The molecular weight excluding hydrogens is 344 g/mol. The highest BCUT2D eigenvalue weighted by atomic mass is 79.9. The third-order valence-electron chi connectivity index (χ3n) is 2.75. The zero-order chi connectivity index (χ0) is 15.8. The number of halogens is 1. The molecule has 0 saturated heterocycles. The van der Waals surface area contributed by atoms with E-state index in [9.17, 15) is 4.79 Å². The van der Waals surface area contributed by atoms with Gasteiger partial charge in [-0.2, -0.15) is 5.10 Å². The maximum Gasteiger partial charge on any atom is 0.271 e. The van der Waals surface area contributed by atoms with Crippen molar-refractivity contribution in [2.75, 3.05) is 6.61 Å². The minimum Gasteiger partial charge on any atom is -0.489 e. The molecule has 0 bridgehead atoms. The van der Waals surface area contributed by atoms with Crippen LogP contribution in [0.4, 0.5) is 0 Å². The van der Waals surface area contributed by atoms with Crippen molar-refractivity contribution in [3.05, 3.63) is 76.8 Å². The van der Waals surface area contributed by atoms with Gasteiger partial charge in [0.25, 0.3) is 5.91 Å². The lowest BCUT2D eigenvalue weighted by atomic mass is 10.2. The zero-order valence-electron chi connectivity index (χ0n) is 11.8. The summed E-state index contributed by atoms with van der Waals surface area (Å²) in [5.74, 6) is 0.414. The van der Waals surface area contributed by atoms with E-state index in [0.29, 0.717) is 17.9 Å². The van der Waals surface area contributed by atoms with Crippen LogP contribution >= 0.6 is 15.9 Å². The molecule has 0 fully saturated rings. The second kappa shape index (κ2) is 8.14. The Kier molecular flexibility index (Phi) is 5.91. The van der Waals surface area contributed by atoms with Gasteiger partial charge in [0.2, 0.25) is 0 Å². The Morgan fingerprint density at radius 2 is 1.95 bits per heavy atom. The SMILES string of the molecule is C=CCOc1ccccc1C=NNC(=O)c1ccc(Br)cc1. The van der Waals surface area contributed by atoms with Gasteiger partial charge < -0.3 is 4.74 Å². The third-order valence-corrected chi connectivity index (χ3v) is 3.28. The van der Waals surface area contributed by atoms with Crippen LogP contribution in [0.3, 0.4) is 0 Å². The van der Waals surface area contributed by atoms with Crippen molar-refractivity contribution in [2.24, 2.45) is 5.10 Å². The number of hydrogen-bond donors (Lipinski definition) is 1. The van der Waals surface area contributed by atoms with Crippen molar-refractivity contribution in [1.29, 1.82) is 0 Å². The Balaban J connectivity index is 2.01. The first-order chi connectivity index (χ1) is 10.7. The smallest absolute Gasteiger partial charge is 0.271 e. The van der Waals surface area contributed by atoms with Crippen molar-refractivity contribution in [2.45, 2.75) is 0 Å². The first-order valence-corrected chi connectivity index (χ1v) is 7.41. The molecule has 1 amide bonds. The molecule has 0 aliphatic heterocycles. The molecule has 0 radical (unpaired) electrons. The van der Waals surface area contributed by atoms with E-state index >= 15 is 0 Å². The zero-order valence-corrected chi connectivity index (χ0v) is 13.4. The van der Waals surface area contributed by atoms with Crippen LogP contribution in [0.2, 0.25) is 0 Å². The lowest BCUT2D eigenvalue weighted by Gasteiger charge is -2.06. The van der Waals surface area contributed by atoms with Crippen LogP contribution in [0.5, 0.6) is 5.75 Å². The summed E-state index contributed by atoms with van der Waals surface area (Å²) in [5.41, 5.74) is 3.81. The molecule has 0 heterocycles. The Bertz CT molecular complexity index is 681. The summed E-state index contributed by atoms with van der Waals surface area (Å²) < 4.78 is 6.43. The van der Waals surface area contributed by atoms with E-state index in [1.807, 2.05) is 24.3 Å². The molecular formula is C17H15BrN2O2. The summed E-state index contributed by atoms with van der Waals surface area (Å²) in [5, 5.41) is 3.97. The summed E-state index contributed by atoms with van der Waals surface area (Å²) in [4.78, 5) is 11.9. The second-order valence-corrected chi connectivity index (χ2v) is 5.26. The summed E-state index contributed by atoms with van der Waals surface area (Å²) in [6.07, 6.45) is 3.22. The van der Waals surface area contributed by atoms with Gasteiger partial charge in [-0.3, -0.25) is 4.79 Å². The van der Waals surface area contributed by atoms with Gasteiger partial charge in [0.05, 0.1) is 6.21 Å². The van der Waals surface area contributed by atoms with E-state index in [4.69, 9.17) is 4.74 Å². The fourth-order valence-corrected chi connectivity index (χ4v) is 1.96. The number of hydrogen-bond acceptors (Lipinski definition) is 3. The van der Waals surface area contributed by atoms with Gasteiger partial charge >= 0.3 is 0 Å². The van der Waals surface area contributed by atoms with E-state index in [2.05, 4.69) is 33.0 Å². The summed E-state index contributed by atoms with van der Waals surface area (Å²) >= 11 is 3.32.